The Morgan fingerprint density at radius 2 is 0.694 bits per heavy atom. The zero-order valence-electron chi connectivity index (χ0n) is 42.0. The number of rotatable bonds is 52. The molecular weight excluding hydrogens is 763 g/mol. The Labute approximate surface area is 388 Å². The van der Waals surface area contributed by atoms with E-state index in [1.54, 1.807) is 6.08 Å². The number of amides is 1. The molecular formula is C57H111NO4. The van der Waals surface area contributed by atoms with Crippen LogP contribution in [0.4, 0.5) is 0 Å². The molecule has 368 valence electrons. The van der Waals surface area contributed by atoms with E-state index in [2.05, 4.69) is 31.3 Å². The fourth-order valence-corrected chi connectivity index (χ4v) is 8.95. The van der Waals surface area contributed by atoms with Gasteiger partial charge in [-0.1, -0.05) is 295 Å². The second-order valence-electron chi connectivity index (χ2n) is 19.5. The van der Waals surface area contributed by atoms with Crippen LogP contribution in [0.25, 0.3) is 0 Å². The Bertz CT molecular complexity index is 920. The van der Waals surface area contributed by atoms with Crippen LogP contribution in [0.1, 0.15) is 309 Å². The first kappa shape index (κ1) is 60.8. The van der Waals surface area contributed by atoms with Crippen molar-refractivity contribution in [2.45, 2.75) is 327 Å². The van der Waals surface area contributed by atoms with Gasteiger partial charge in [0, 0.05) is 0 Å². The Balaban J connectivity index is 3.47. The van der Waals surface area contributed by atoms with E-state index in [1.807, 2.05) is 6.08 Å². The summed E-state index contributed by atoms with van der Waals surface area (Å²) in [5.41, 5.74) is 0. The van der Waals surface area contributed by atoms with Gasteiger partial charge in [0.25, 0.3) is 0 Å². The highest BCUT2D eigenvalue weighted by Gasteiger charge is 2.20. The highest BCUT2D eigenvalue weighted by Crippen LogP contribution is 2.18. The van der Waals surface area contributed by atoms with E-state index >= 15 is 0 Å². The van der Waals surface area contributed by atoms with Crippen molar-refractivity contribution in [3.05, 3.63) is 24.3 Å². The maximum Gasteiger partial charge on any atom is 0.222 e. The molecule has 5 heteroatoms. The van der Waals surface area contributed by atoms with Crippen molar-refractivity contribution < 1.29 is 20.1 Å². The molecule has 0 radical (unpaired) electrons. The summed E-state index contributed by atoms with van der Waals surface area (Å²) in [5.74, 6) is -0.320. The number of aliphatic hydroxyl groups excluding tert-OH is 3. The number of carbonyl (C=O) groups is 1. The molecule has 0 fully saturated rings. The van der Waals surface area contributed by atoms with Crippen molar-refractivity contribution in [1.82, 2.24) is 5.32 Å². The van der Waals surface area contributed by atoms with E-state index in [4.69, 9.17) is 0 Å². The van der Waals surface area contributed by atoms with Gasteiger partial charge in [-0.15, -0.1) is 0 Å². The molecule has 0 heterocycles. The SMILES string of the molecule is CCCCCCCCCC/C=C/CC/C=C/C(O)C(CO)NC(=O)CC(O)CCCCCCCCCCCCCCCCCCCCCCCCCCCCCCCCCCC. The van der Waals surface area contributed by atoms with Gasteiger partial charge in [0.1, 0.15) is 0 Å². The zero-order chi connectivity index (χ0) is 45.1. The van der Waals surface area contributed by atoms with Crippen molar-refractivity contribution in [3.63, 3.8) is 0 Å². The molecule has 0 spiro atoms. The molecule has 0 bridgehead atoms. The molecule has 4 N–H and O–H groups in total. The van der Waals surface area contributed by atoms with Crippen LogP contribution in [0, 0.1) is 0 Å². The molecule has 1 amide bonds. The third-order valence-corrected chi connectivity index (χ3v) is 13.2. The number of hydrogen-bond donors (Lipinski definition) is 4. The molecule has 0 aliphatic heterocycles. The Hall–Kier alpha value is -1.17. The van der Waals surface area contributed by atoms with Gasteiger partial charge in [0.2, 0.25) is 5.91 Å². The summed E-state index contributed by atoms with van der Waals surface area (Å²) in [7, 11) is 0. The Morgan fingerprint density at radius 1 is 0.403 bits per heavy atom. The van der Waals surface area contributed by atoms with Crippen LogP contribution in [0.3, 0.4) is 0 Å². The predicted octanol–water partition coefficient (Wildman–Crippen LogP) is 17.3. The molecule has 0 aliphatic rings. The molecule has 0 aromatic heterocycles. The minimum atomic E-state index is -0.949. The first-order valence-electron chi connectivity index (χ1n) is 28.1. The molecule has 0 aromatic rings. The molecule has 5 nitrogen and oxygen atoms in total. The molecule has 0 aliphatic carbocycles. The van der Waals surface area contributed by atoms with Crippen LogP contribution in [-0.4, -0.2) is 46.1 Å². The lowest BCUT2D eigenvalue weighted by molar-refractivity contribution is -0.124. The maximum absolute atomic E-state index is 12.5. The van der Waals surface area contributed by atoms with Crippen molar-refractivity contribution in [3.8, 4) is 0 Å². The summed E-state index contributed by atoms with van der Waals surface area (Å²) in [6, 6.07) is -0.758. The predicted molar refractivity (Wildman–Crippen MR) is 273 cm³/mol. The van der Waals surface area contributed by atoms with E-state index in [0.29, 0.717) is 6.42 Å². The number of hydrogen-bond acceptors (Lipinski definition) is 4. The summed E-state index contributed by atoms with van der Waals surface area (Å²) in [6.07, 6.45) is 66.7. The van der Waals surface area contributed by atoms with E-state index in [0.717, 1.165) is 32.1 Å². The quantitative estimate of drug-likeness (QED) is 0.0362. The van der Waals surface area contributed by atoms with E-state index < -0.39 is 18.2 Å². The third kappa shape index (κ3) is 48.3. The van der Waals surface area contributed by atoms with Gasteiger partial charge in [0.05, 0.1) is 31.3 Å². The van der Waals surface area contributed by atoms with Crippen LogP contribution in [0.15, 0.2) is 24.3 Å². The summed E-state index contributed by atoms with van der Waals surface area (Å²) in [4.78, 5) is 12.5. The van der Waals surface area contributed by atoms with Crippen LogP contribution in [0.5, 0.6) is 0 Å². The normalized spacial score (nSPS) is 13.4. The Kier molecular flexibility index (Phi) is 51.5. The summed E-state index contributed by atoms with van der Waals surface area (Å²) < 4.78 is 0. The minimum Gasteiger partial charge on any atom is -0.394 e. The lowest BCUT2D eigenvalue weighted by Gasteiger charge is -2.21. The number of allylic oxidation sites excluding steroid dienone is 3. The second-order valence-corrected chi connectivity index (χ2v) is 19.5. The van der Waals surface area contributed by atoms with Crippen LogP contribution >= 0.6 is 0 Å². The number of aliphatic hydroxyl groups is 3. The number of unbranched alkanes of at least 4 members (excludes halogenated alkanes) is 41. The van der Waals surface area contributed by atoms with E-state index in [-0.39, 0.29) is 18.9 Å². The van der Waals surface area contributed by atoms with E-state index in [1.165, 1.54) is 250 Å². The fraction of sp³-hybridized carbons (Fsp3) is 0.912. The lowest BCUT2D eigenvalue weighted by Crippen LogP contribution is -2.45. The molecule has 0 saturated heterocycles. The van der Waals surface area contributed by atoms with Gasteiger partial charge in [-0.25, -0.2) is 0 Å². The fourth-order valence-electron chi connectivity index (χ4n) is 8.95. The molecule has 62 heavy (non-hydrogen) atoms. The van der Waals surface area contributed by atoms with Gasteiger partial charge in [0.15, 0.2) is 0 Å². The maximum atomic E-state index is 12.5. The number of nitrogens with one attached hydrogen (secondary N) is 1. The van der Waals surface area contributed by atoms with Gasteiger partial charge in [-0.2, -0.15) is 0 Å². The Morgan fingerprint density at radius 3 is 1.03 bits per heavy atom. The van der Waals surface area contributed by atoms with Crippen molar-refractivity contribution in [2.24, 2.45) is 0 Å². The van der Waals surface area contributed by atoms with Gasteiger partial charge < -0.3 is 20.6 Å². The average molecular weight is 875 g/mol. The van der Waals surface area contributed by atoms with Gasteiger partial charge in [-0.3, -0.25) is 4.79 Å². The highest BCUT2D eigenvalue weighted by molar-refractivity contribution is 5.76. The molecule has 3 unspecified atom stereocenters. The van der Waals surface area contributed by atoms with Crippen LogP contribution in [-0.2, 0) is 4.79 Å². The van der Waals surface area contributed by atoms with E-state index in [9.17, 15) is 20.1 Å². The topological polar surface area (TPSA) is 89.8 Å². The molecule has 0 rings (SSSR count). The number of carbonyl (C=O) groups excluding carboxylic acids is 1. The first-order valence-corrected chi connectivity index (χ1v) is 28.1. The van der Waals surface area contributed by atoms with Crippen LogP contribution < -0.4 is 5.32 Å². The van der Waals surface area contributed by atoms with Crippen molar-refractivity contribution in [1.29, 1.82) is 0 Å². The summed E-state index contributed by atoms with van der Waals surface area (Å²) in [6.45, 7) is 4.22. The van der Waals surface area contributed by atoms with Gasteiger partial charge >= 0.3 is 0 Å². The van der Waals surface area contributed by atoms with Crippen molar-refractivity contribution >= 4 is 5.91 Å². The summed E-state index contributed by atoms with van der Waals surface area (Å²) in [5, 5.41) is 33.3. The van der Waals surface area contributed by atoms with Gasteiger partial charge in [-0.05, 0) is 32.1 Å². The lowest BCUT2D eigenvalue weighted by atomic mass is 10.0. The molecule has 0 aromatic carbocycles. The highest BCUT2D eigenvalue weighted by atomic mass is 16.3. The monoisotopic (exact) mass is 874 g/mol. The first-order chi connectivity index (χ1) is 30.5. The van der Waals surface area contributed by atoms with Crippen LogP contribution in [0.2, 0.25) is 0 Å². The summed E-state index contributed by atoms with van der Waals surface area (Å²) >= 11 is 0. The molecule has 3 atom stereocenters. The zero-order valence-corrected chi connectivity index (χ0v) is 42.0. The smallest absolute Gasteiger partial charge is 0.222 e. The van der Waals surface area contributed by atoms with Crippen molar-refractivity contribution in [2.75, 3.05) is 6.61 Å². The molecule has 0 saturated carbocycles. The average Bonchev–Trinajstić information content (AvgIpc) is 3.27. The second kappa shape index (κ2) is 52.5. The largest absolute Gasteiger partial charge is 0.394 e. The standard InChI is InChI=1S/C57H111NO4/c1-3-5-7-9-11-13-15-17-19-20-21-22-23-24-25-26-27-28-29-30-31-32-33-34-35-36-37-38-40-42-44-46-48-50-54(60)52-57(62)58-55(53-59)56(61)51-49-47-45-43-41-39-18-16-14-12-10-8-6-4-2/h41,43,49,51,54-56,59-61H,3-40,42,44-48,50,52-53H2,1-2H3,(H,58,62)/b43-41+,51-49+. The third-order valence-electron chi connectivity index (χ3n) is 13.2. The minimum absolute atomic E-state index is 0.0101.